The summed E-state index contributed by atoms with van der Waals surface area (Å²) in [6.07, 6.45) is 0.192. The Labute approximate surface area is 131 Å². The molecule has 2 aromatic rings. The minimum Gasteiger partial charge on any atom is -0.444 e. The summed E-state index contributed by atoms with van der Waals surface area (Å²) in [5, 5.41) is 8.59. The Morgan fingerprint density at radius 3 is 2.48 bits per heavy atom. The van der Waals surface area contributed by atoms with Gasteiger partial charge < -0.3 is 15.2 Å². The smallest absolute Gasteiger partial charge is 0.336 e. The van der Waals surface area contributed by atoms with Gasteiger partial charge in [0.2, 0.25) is 0 Å². The lowest BCUT2D eigenvalue weighted by atomic mass is 10.1. The molecule has 7 nitrogen and oxygen atoms in total. The summed E-state index contributed by atoms with van der Waals surface area (Å²) in [6.45, 7) is 0. The molecule has 0 radical (unpaired) electrons. The molecule has 118 valence electrons. The summed E-state index contributed by atoms with van der Waals surface area (Å²) in [7, 11) is 0. The van der Waals surface area contributed by atoms with E-state index in [-0.39, 0.29) is 12.0 Å². The van der Waals surface area contributed by atoms with Crippen LogP contribution >= 0.6 is 0 Å². The minimum absolute atomic E-state index is 0.192. The number of primary amides is 1. The molecule has 2 aromatic carbocycles. The molecule has 0 bridgehead atoms. The van der Waals surface area contributed by atoms with Crippen LogP contribution in [0.1, 0.15) is 15.9 Å². The predicted octanol–water partition coefficient (Wildman–Crippen LogP) is 1.00. The molecule has 7 heteroatoms. The number of fused-ring (bicyclic) bond motifs is 1. The van der Waals surface area contributed by atoms with E-state index in [0.29, 0.717) is 11.5 Å². The number of carbonyl (C=O) groups is 2. The largest absolute Gasteiger partial charge is 0.444 e. The van der Waals surface area contributed by atoms with Gasteiger partial charge in [-0.3, -0.25) is 14.8 Å². The van der Waals surface area contributed by atoms with Crippen LogP contribution in [0.25, 0.3) is 0 Å². The first-order valence-corrected chi connectivity index (χ1v) is 6.84. The fraction of sp³-hybridized carbons (Fsp3) is 0.125. The Morgan fingerprint density at radius 1 is 1.17 bits per heavy atom. The number of amides is 2. The van der Waals surface area contributed by atoms with Crippen LogP contribution in [0.3, 0.4) is 0 Å². The first-order valence-electron chi connectivity index (χ1n) is 6.84. The Hall–Kier alpha value is -3.06. The molecule has 2 amide bonds. The number of hydrogen-bond donors (Lipinski definition) is 3. The van der Waals surface area contributed by atoms with Crippen LogP contribution in [-0.2, 0) is 11.2 Å². The third-order valence-corrected chi connectivity index (χ3v) is 3.55. The lowest BCUT2D eigenvalue weighted by molar-refractivity contribution is -0.158. The third kappa shape index (κ3) is 2.69. The zero-order chi connectivity index (χ0) is 16.4. The topological polar surface area (TPSA) is 111 Å². The summed E-state index contributed by atoms with van der Waals surface area (Å²) < 4.78 is 11.3. The first-order chi connectivity index (χ1) is 11.0. The molecule has 0 fully saturated rings. The number of nitrogens with one attached hydrogen (secondary N) is 1. The molecule has 23 heavy (non-hydrogen) atoms. The number of nitrogens with two attached hydrogens (primary N) is 1. The van der Waals surface area contributed by atoms with E-state index in [1.165, 1.54) is 29.7 Å². The number of hydroxylamine groups is 1. The third-order valence-electron chi connectivity index (χ3n) is 3.55. The van der Waals surface area contributed by atoms with Gasteiger partial charge in [0, 0.05) is 11.1 Å². The molecule has 4 N–H and O–H groups in total. The molecule has 1 aliphatic heterocycles. The SMILES string of the molecule is NC(=O)C1(Oc2ccc(C(=O)NO)cc2)Cc2ccccc2O1. The van der Waals surface area contributed by atoms with Gasteiger partial charge in [0.15, 0.2) is 0 Å². The van der Waals surface area contributed by atoms with Crippen LogP contribution in [0.5, 0.6) is 11.5 Å². The summed E-state index contributed by atoms with van der Waals surface area (Å²) in [6, 6.07) is 13.1. The number of carbonyl (C=O) groups excluding carboxylic acids is 2. The Bertz CT molecular complexity index is 732. The second-order valence-electron chi connectivity index (χ2n) is 5.07. The molecule has 0 saturated carbocycles. The highest BCUT2D eigenvalue weighted by Crippen LogP contribution is 2.36. The van der Waals surface area contributed by atoms with E-state index in [1.807, 2.05) is 12.1 Å². The van der Waals surface area contributed by atoms with Crippen molar-refractivity contribution in [2.75, 3.05) is 0 Å². The van der Waals surface area contributed by atoms with Crippen LogP contribution in [0.4, 0.5) is 0 Å². The predicted molar refractivity (Wildman–Crippen MR) is 79.0 cm³/mol. The normalized spacial score (nSPS) is 18.7. The number of benzene rings is 2. The van der Waals surface area contributed by atoms with Crippen molar-refractivity contribution < 1.29 is 24.3 Å². The van der Waals surface area contributed by atoms with Gasteiger partial charge in [-0.25, -0.2) is 5.48 Å². The maximum atomic E-state index is 11.9. The van der Waals surface area contributed by atoms with Crippen molar-refractivity contribution in [2.45, 2.75) is 12.2 Å². The van der Waals surface area contributed by atoms with Crippen molar-refractivity contribution in [2.24, 2.45) is 5.73 Å². The molecule has 0 aromatic heterocycles. The Kier molecular flexibility index (Phi) is 3.63. The average Bonchev–Trinajstić information content (AvgIpc) is 2.94. The molecule has 1 unspecified atom stereocenters. The van der Waals surface area contributed by atoms with Gasteiger partial charge in [-0.05, 0) is 30.3 Å². The zero-order valence-electron chi connectivity index (χ0n) is 12.0. The summed E-state index contributed by atoms with van der Waals surface area (Å²) in [5.74, 6) is -2.16. The van der Waals surface area contributed by atoms with Gasteiger partial charge in [0.05, 0.1) is 6.42 Å². The molecule has 0 spiro atoms. The van der Waals surface area contributed by atoms with E-state index in [9.17, 15) is 9.59 Å². The lowest BCUT2D eigenvalue weighted by Crippen LogP contribution is -2.53. The monoisotopic (exact) mass is 314 g/mol. The molecular formula is C16H14N2O5. The van der Waals surface area contributed by atoms with Crippen molar-refractivity contribution in [1.29, 1.82) is 0 Å². The maximum Gasteiger partial charge on any atom is 0.336 e. The van der Waals surface area contributed by atoms with Crippen LogP contribution in [0.15, 0.2) is 48.5 Å². The van der Waals surface area contributed by atoms with Gasteiger partial charge in [0.1, 0.15) is 11.5 Å². The number of para-hydroxylation sites is 1. The number of rotatable bonds is 4. The fourth-order valence-electron chi connectivity index (χ4n) is 2.39. The second kappa shape index (κ2) is 5.62. The molecule has 1 aliphatic rings. The highest BCUT2D eigenvalue weighted by atomic mass is 16.7. The highest BCUT2D eigenvalue weighted by molar-refractivity contribution is 5.93. The zero-order valence-corrected chi connectivity index (χ0v) is 12.0. The number of ether oxygens (including phenoxy) is 2. The summed E-state index contributed by atoms with van der Waals surface area (Å²) >= 11 is 0. The van der Waals surface area contributed by atoms with Crippen LogP contribution in [0, 0.1) is 0 Å². The van der Waals surface area contributed by atoms with Crippen LogP contribution < -0.4 is 20.7 Å². The quantitative estimate of drug-likeness (QED) is 0.576. The minimum atomic E-state index is -1.62. The molecule has 0 aliphatic carbocycles. The van der Waals surface area contributed by atoms with Gasteiger partial charge in [-0.2, -0.15) is 0 Å². The van der Waals surface area contributed by atoms with E-state index in [1.54, 1.807) is 12.1 Å². The van der Waals surface area contributed by atoms with Crippen LogP contribution in [-0.4, -0.2) is 22.8 Å². The standard InChI is InChI=1S/C16H14N2O5/c17-15(20)16(9-11-3-1-2-4-13(11)23-16)22-12-7-5-10(6-8-12)14(19)18-21/h1-8,21H,9H2,(H2,17,20)(H,18,19). The Balaban J connectivity index is 1.85. The van der Waals surface area contributed by atoms with E-state index < -0.39 is 17.6 Å². The van der Waals surface area contributed by atoms with E-state index in [0.717, 1.165) is 5.56 Å². The molecular weight excluding hydrogens is 300 g/mol. The first kappa shape index (κ1) is 14.9. The van der Waals surface area contributed by atoms with E-state index in [2.05, 4.69) is 0 Å². The van der Waals surface area contributed by atoms with E-state index in [4.69, 9.17) is 20.4 Å². The number of hydrogen-bond acceptors (Lipinski definition) is 5. The summed E-state index contributed by atoms with van der Waals surface area (Å²) in [5.41, 5.74) is 8.07. The lowest BCUT2D eigenvalue weighted by Gasteiger charge is -2.26. The van der Waals surface area contributed by atoms with Crippen LogP contribution in [0.2, 0.25) is 0 Å². The van der Waals surface area contributed by atoms with Gasteiger partial charge >= 0.3 is 11.7 Å². The molecule has 0 saturated heterocycles. The maximum absolute atomic E-state index is 11.9. The van der Waals surface area contributed by atoms with Crippen molar-refractivity contribution >= 4 is 11.8 Å². The van der Waals surface area contributed by atoms with E-state index >= 15 is 0 Å². The average molecular weight is 314 g/mol. The molecule has 3 rings (SSSR count). The molecule has 1 heterocycles. The van der Waals surface area contributed by atoms with Crippen molar-refractivity contribution in [3.05, 3.63) is 59.7 Å². The fourth-order valence-corrected chi connectivity index (χ4v) is 2.39. The van der Waals surface area contributed by atoms with Gasteiger partial charge in [0.25, 0.3) is 5.91 Å². The second-order valence-corrected chi connectivity index (χ2v) is 5.07. The summed E-state index contributed by atoms with van der Waals surface area (Å²) in [4.78, 5) is 23.2. The van der Waals surface area contributed by atoms with Crippen molar-refractivity contribution in [3.63, 3.8) is 0 Å². The highest BCUT2D eigenvalue weighted by Gasteiger charge is 2.47. The molecule has 1 atom stereocenters. The van der Waals surface area contributed by atoms with Gasteiger partial charge in [-0.15, -0.1) is 0 Å². The van der Waals surface area contributed by atoms with Crippen molar-refractivity contribution in [1.82, 2.24) is 5.48 Å². The Morgan fingerprint density at radius 2 is 1.87 bits per heavy atom. The van der Waals surface area contributed by atoms with Gasteiger partial charge in [-0.1, -0.05) is 18.2 Å². The van der Waals surface area contributed by atoms with Crippen molar-refractivity contribution in [3.8, 4) is 11.5 Å².